The van der Waals surface area contributed by atoms with Gasteiger partial charge >= 0.3 is 0 Å². The Balaban J connectivity index is 1.44. The zero-order valence-corrected chi connectivity index (χ0v) is 27.2. The van der Waals surface area contributed by atoms with E-state index in [1.54, 1.807) is 0 Å². The van der Waals surface area contributed by atoms with Crippen LogP contribution >= 0.6 is 0 Å². The predicted octanol–water partition coefficient (Wildman–Crippen LogP) is 11.3. The summed E-state index contributed by atoms with van der Waals surface area (Å²) in [5, 5.41) is 4.82. The molecule has 0 aliphatic rings. The first-order chi connectivity index (χ1) is 23.5. The maximum atomic E-state index is 5.32. The van der Waals surface area contributed by atoms with Crippen LogP contribution in [0.25, 0.3) is 77.8 Å². The second-order valence-corrected chi connectivity index (χ2v) is 13.5. The summed E-state index contributed by atoms with van der Waals surface area (Å²) in [6, 6.07) is 53.9. The van der Waals surface area contributed by atoms with Crippen molar-refractivity contribution in [2.45, 2.75) is 26.2 Å². The van der Waals surface area contributed by atoms with E-state index in [2.05, 4.69) is 157 Å². The van der Waals surface area contributed by atoms with E-state index in [4.69, 9.17) is 9.97 Å². The molecule has 3 heterocycles. The Labute approximate surface area is 279 Å². The van der Waals surface area contributed by atoms with Crippen LogP contribution in [-0.2, 0) is 5.41 Å². The maximum Gasteiger partial charge on any atom is 0.162 e. The van der Waals surface area contributed by atoms with Crippen LogP contribution in [-0.4, -0.2) is 19.1 Å². The van der Waals surface area contributed by atoms with Gasteiger partial charge in [0, 0.05) is 44.4 Å². The minimum Gasteiger partial charge on any atom is -0.307 e. The Bertz CT molecular complexity index is 2560. The molecule has 0 saturated heterocycles. The molecule has 4 nitrogen and oxygen atoms in total. The molecule has 0 radical (unpaired) electrons. The van der Waals surface area contributed by atoms with Gasteiger partial charge in [0.05, 0.1) is 27.8 Å². The number of rotatable bonds is 4. The first kappa shape index (κ1) is 28.2. The normalized spacial score (nSPS) is 12.1. The van der Waals surface area contributed by atoms with E-state index in [0.717, 1.165) is 44.9 Å². The molecule has 0 atom stereocenters. The summed E-state index contributed by atoms with van der Waals surface area (Å²) in [6.07, 6.45) is 0. The highest BCUT2D eigenvalue weighted by molar-refractivity contribution is 6.23. The van der Waals surface area contributed by atoms with Gasteiger partial charge in [-0.15, -0.1) is 0 Å². The molecule has 0 amide bonds. The standard InChI is InChI=1S/C44H34N4/c1-44(2,3)31-22-24-32(25-23-31)47-38-20-12-10-18-33(38)35-26-27-36-34-19-11-13-21-39(34)48(42(36)41(35)47)40-28-37(29-14-6-4-7-15-29)45-43(46-40)30-16-8-5-9-17-30/h4-28H,1-3H3. The molecule has 0 saturated carbocycles. The Morgan fingerprint density at radius 3 is 1.58 bits per heavy atom. The van der Waals surface area contributed by atoms with E-state index < -0.39 is 0 Å². The van der Waals surface area contributed by atoms with Crippen molar-refractivity contribution in [2.24, 2.45) is 0 Å². The van der Waals surface area contributed by atoms with Gasteiger partial charge in [-0.3, -0.25) is 4.57 Å². The number of benzene rings is 6. The van der Waals surface area contributed by atoms with Gasteiger partial charge in [-0.25, -0.2) is 9.97 Å². The topological polar surface area (TPSA) is 35.6 Å². The fraction of sp³-hybridized carbons (Fsp3) is 0.0909. The number of hydrogen-bond acceptors (Lipinski definition) is 2. The van der Waals surface area contributed by atoms with E-state index in [0.29, 0.717) is 5.82 Å². The van der Waals surface area contributed by atoms with Crippen LogP contribution in [0.1, 0.15) is 26.3 Å². The molecule has 0 aliphatic carbocycles. The SMILES string of the molecule is CC(C)(C)c1ccc(-n2c3ccccc3c3ccc4c5ccccc5n(-c5cc(-c6ccccc6)nc(-c6ccccc6)n5)c4c32)cc1. The summed E-state index contributed by atoms with van der Waals surface area (Å²) in [5.41, 5.74) is 10.0. The van der Waals surface area contributed by atoms with Crippen molar-refractivity contribution < 1.29 is 0 Å². The molecule has 0 aliphatic heterocycles. The van der Waals surface area contributed by atoms with Crippen LogP contribution in [0.2, 0.25) is 0 Å². The molecule has 9 rings (SSSR count). The molecule has 230 valence electrons. The van der Waals surface area contributed by atoms with Gasteiger partial charge in [0.1, 0.15) is 5.82 Å². The first-order valence-electron chi connectivity index (χ1n) is 16.5. The summed E-state index contributed by atoms with van der Waals surface area (Å²) < 4.78 is 4.79. The van der Waals surface area contributed by atoms with Crippen LogP contribution in [0, 0.1) is 0 Å². The lowest BCUT2D eigenvalue weighted by atomic mass is 9.87. The molecule has 3 aromatic heterocycles. The molecule has 0 spiro atoms. The van der Waals surface area contributed by atoms with Crippen molar-refractivity contribution in [3.05, 3.63) is 157 Å². The fourth-order valence-electron chi connectivity index (χ4n) is 7.14. The highest BCUT2D eigenvalue weighted by Gasteiger charge is 2.23. The molecule has 4 heteroatoms. The molecule has 0 N–H and O–H groups in total. The summed E-state index contributed by atoms with van der Waals surface area (Å²) in [5.74, 6) is 1.53. The molecule has 6 aromatic carbocycles. The molecule has 48 heavy (non-hydrogen) atoms. The van der Waals surface area contributed by atoms with Gasteiger partial charge in [0.2, 0.25) is 0 Å². The monoisotopic (exact) mass is 618 g/mol. The third-order valence-corrected chi connectivity index (χ3v) is 9.50. The Morgan fingerprint density at radius 1 is 0.458 bits per heavy atom. The van der Waals surface area contributed by atoms with Gasteiger partial charge < -0.3 is 4.57 Å². The van der Waals surface area contributed by atoms with E-state index in [-0.39, 0.29) is 5.41 Å². The van der Waals surface area contributed by atoms with Crippen LogP contribution < -0.4 is 0 Å². The summed E-state index contributed by atoms with van der Waals surface area (Å²) in [6.45, 7) is 6.79. The average molecular weight is 619 g/mol. The number of fused-ring (bicyclic) bond motifs is 7. The molecule has 9 aromatic rings. The van der Waals surface area contributed by atoms with E-state index in [9.17, 15) is 0 Å². The highest BCUT2D eigenvalue weighted by Crippen LogP contribution is 2.42. The number of aromatic nitrogens is 4. The maximum absolute atomic E-state index is 5.32. The zero-order chi connectivity index (χ0) is 32.4. The third kappa shape index (κ3) is 4.44. The lowest BCUT2D eigenvalue weighted by Gasteiger charge is -2.20. The minimum atomic E-state index is 0.0684. The van der Waals surface area contributed by atoms with Gasteiger partial charge in [-0.2, -0.15) is 0 Å². The van der Waals surface area contributed by atoms with E-state index in [1.807, 2.05) is 24.3 Å². The van der Waals surface area contributed by atoms with Crippen LogP contribution in [0.4, 0.5) is 0 Å². The first-order valence-corrected chi connectivity index (χ1v) is 16.5. The lowest BCUT2D eigenvalue weighted by Crippen LogP contribution is -2.10. The Morgan fingerprint density at radius 2 is 0.979 bits per heavy atom. The van der Waals surface area contributed by atoms with Gasteiger partial charge in [-0.1, -0.05) is 142 Å². The quantitative estimate of drug-likeness (QED) is 0.197. The zero-order valence-electron chi connectivity index (χ0n) is 27.2. The average Bonchev–Trinajstić information content (AvgIpc) is 3.65. The van der Waals surface area contributed by atoms with E-state index >= 15 is 0 Å². The molecular formula is C44H34N4. The number of hydrogen-bond donors (Lipinski definition) is 0. The van der Waals surface area contributed by atoms with Crippen molar-refractivity contribution in [1.82, 2.24) is 19.1 Å². The molecular weight excluding hydrogens is 585 g/mol. The lowest BCUT2D eigenvalue weighted by molar-refractivity contribution is 0.590. The molecule has 0 unspecified atom stereocenters. The largest absolute Gasteiger partial charge is 0.307 e. The highest BCUT2D eigenvalue weighted by atomic mass is 15.1. The number of para-hydroxylation sites is 2. The second kappa shape index (κ2) is 10.8. The minimum absolute atomic E-state index is 0.0684. The van der Waals surface area contributed by atoms with Crippen molar-refractivity contribution in [2.75, 3.05) is 0 Å². The summed E-state index contributed by atoms with van der Waals surface area (Å²) in [4.78, 5) is 10.4. The molecule has 0 fully saturated rings. The van der Waals surface area contributed by atoms with Crippen molar-refractivity contribution in [3.8, 4) is 34.2 Å². The van der Waals surface area contributed by atoms with Crippen LogP contribution in [0.5, 0.6) is 0 Å². The van der Waals surface area contributed by atoms with Crippen molar-refractivity contribution in [1.29, 1.82) is 0 Å². The summed E-state index contributed by atoms with van der Waals surface area (Å²) in [7, 11) is 0. The van der Waals surface area contributed by atoms with Crippen molar-refractivity contribution in [3.63, 3.8) is 0 Å². The Hall–Kier alpha value is -6.00. The Kier molecular flexibility index (Phi) is 6.34. The van der Waals surface area contributed by atoms with Gasteiger partial charge in [-0.05, 0) is 35.2 Å². The fourth-order valence-corrected chi connectivity index (χ4v) is 7.14. The predicted molar refractivity (Wildman–Crippen MR) is 200 cm³/mol. The van der Waals surface area contributed by atoms with Crippen LogP contribution in [0.15, 0.2) is 152 Å². The summed E-state index contributed by atoms with van der Waals surface area (Å²) >= 11 is 0. The van der Waals surface area contributed by atoms with Gasteiger partial charge in [0.15, 0.2) is 5.82 Å². The van der Waals surface area contributed by atoms with Crippen molar-refractivity contribution >= 4 is 43.6 Å². The molecule has 0 bridgehead atoms. The third-order valence-electron chi connectivity index (χ3n) is 9.50. The number of nitrogens with zero attached hydrogens (tertiary/aromatic N) is 4. The second-order valence-electron chi connectivity index (χ2n) is 13.5. The van der Waals surface area contributed by atoms with E-state index in [1.165, 1.54) is 32.6 Å². The van der Waals surface area contributed by atoms with Gasteiger partial charge in [0.25, 0.3) is 0 Å². The smallest absolute Gasteiger partial charge is 0.162 e. The van der Waals surface area contributed by atoms with Crippen LogP contribution in [0.3, 0.4) is 0 Å².